The monoisotopic (exact) mass is 220 g/mol. The highest BCUT2D eigenvalue weighted by atomic mass is 32.2. The van der Waals surface area contributed by atoms with Crippen LogP contribution >= 0.6 is 0 Å². The van der Waals surface area contributed by atoms with Crippen molar-refractivity contribution in [2.24, 2.45) is 5.92 Å². The van der Waals surface area contributed by atoms with Crippen LogP contribution in [-0.2, 0) is 20.3 Å². The van der Waals surface area contributed by atoms with Crippen molar-refractivity contribution in [2.45, 2.75) is 39.4 Å². The van der Waals surface area contributed by atoms with Gasteiger partial charge in [0.25, 0.3) is 0 Å². The molecule has 0 heterocycles. The first kappa shape index (κ1) is 13.6. The normalized spacial score (nSPS) is 16.1. The van der Waals surface area contributed by atoms with Crippen LogP contribution in [0, 0.1) is 5.92 Å². The van der Waals surface area contributed by atoms with E-state index < -0.39 is 10.8 Å². The zero-order valence-corrected chi connectivity index (χ0v) is 10.4. The molecule has 2 unspecified atom stereocenters. The third-order valence-electron chi connectivity index (χ3n) is 1.77. The predicted molar refractivity (Wildman–Crippen MR) is 58.6 cm³/mol. The van der Waals surface area contributed by atoms with Crippen LogP contribution in [0.15, 0.2) is 0 Å². The fourth-order valence-electron chi connectivity index (χ4n) is 0.830. The fraction of sp³-hybridized carbons (Fsp3) is 0.900. The van der Waals surface area contributed by atoms with Crippen LogP contribution in [0.2, 0.25) is 0 Å². The average molecular weight is 220 g/mol. The zero-order chi connectivity index (χ0) is 11.4. The van der Waals surface area contributed by atoms with Crippen molar-refractivity contribution in [1.82, 2.24) is 0 Å². The molecular formula is C10H20O3S. The number of carbonyl (C=O) groups is 1. The summed E-state index contributed by atoms with van der Waals surface area (Å²) < 4.78 is 16.3. The Balaban J connectivity index is 4.13. The Bertz CT molecular complexity index is 218. The molecule has 4 heteroatoms. The summed E-state index contributed by atoms with van der Waals surface area (Å²) in [6.45, 7) is 9.61. The molecule has 14 heavy (non-hydrogen) atoms. The minimum absolute atomic E-state index is 0.259. The maximum Gasteiger partial charge on any atom is 0.309 e. The van der Waals surface area contributed by atoms with Gasteiger partial charge in [-0.2, -0.15) is 0 Å². The number of hydrogen-bond acceptors (Lipinski definition) is 3. The van der Waals surface area contributed by atoms with E-state index in [9.17, 15) is 9.00 Å². The number of carbonyl (C=O) groups excluding carboxylic acids is 1. The van der Waals surface area contributed by atoms with E-state index in [1.165, 1.54) is 0 Å². The SMILES string of the molecule is CCOC(=O)C(C)CS(=O)C(C)(C)C. The Hall–Kier alpha value is -0.380. The highest BCUT2D eigenvalue weighted by molar-refractivity contribution is 7.86. The summed E-state index contributed by atoms with van der Waals surface area (Å²) in [6.07, 6.45) is 0. The largest absolute Gasteiger partial charge is 0.466 e. The Kier molecular flexibility index (Phi) is 5.34. The molecule has 2 atom stereocenters. The van der Waals surface area contributed by atoms with Gasteiger partial charge in [0, 0.05) is 21.3 Å². The van der Waals surface area contributed by atoms with Gasteiger partial charge in [-0.15, -0.1) is 0 Å². The number of rotatable bonds is 4. The van der Waals surface area contributed by atoms with Crippen LogP contribution in [0.4, 0.5) is 0 Å². The quantitative estimate of drug-likeness (QED) is 0.678. The first-order valence-electron chi connectivity index (χ1n) is 4.84. The zero-order valence-electron chi connectivity index (χ0n) is 9.62. The Morgan fingerprint density at radius 2 is 1.93 bits per heavy atom. The van der Waals surface area contributed by atoms with Gasteiger partial charge in [-0.3, -0.25) is 9.00 Å². The van der Waals surface area contributed by atoms with E-state index in [4.69, 9.17) is 4.74 Å². The molecule has 0 aliphatic carbocycles. The summed E-state index contributed by atoms with van der Waals surface area (Å²) >= 11 is 0. The van der Waals surface area contributed by atoms with Crippen molar-refractivity contribution in [3.63, 3.8) is 0 Å². The van der Waals surface area contributed by atoms with Gasteiger partial charge in [-0.25, -0.2) is 0 Å². The van der Waals surface area contributed by atoms with Crippen molar-refractivity contribution in [2.75, 3.05) is 12.4 Å². The van der Waals surface area contributed by atoms with E-state index in [2.05, 4.69) is 0 Å². The van der Waals surface area contributed by atoms with Gasteiger partial charge in [0.05, 0.1) is 12.5 Å². The van der Waals surface area contributed by atoms with E-state index in [1.54, 1.807) is 13.8 Å². The smallest absolute Gasteiger partial charge is 0.309 e. The summed E-state index contributed by atoms with van der Waals surface area (Å²) in [4.78, 5) is 11.2. The van der Waals surface area contributed by atoms with Crippen LogP contribution in [0.5, 0.6) is 0 Å². The molecule has 0 aromatic rings. The molecule has 0 bridgehead atoms. The molecule has 0 saturated carbocycles. The molecule has 0 N–H and O–H groups in total. The third kappa shape index (κ3) is 4.74. The van der Waals surface area contributed by atoms with E-state index in [0.29, 0.717) is 12.4 Å². The summed E-state index contributed by atoms with van der Waals surface area (Å²) in [6, 6.07) is 0. The summed E-state index contributed by atoms with van der Waals surface area (Å²) in [7, 11) is -0.992. The lowest BCUT2D eigenvalue weighted by Crippen LogP contribution is -2.30. The molecule has 0 aliphatic heterocycles. The van der Waals surface area contributed by atoms with E-state index >= 15 is 0 Å². The molecule has 3 nitrogen and oxygen atoms in total. The molecule has 0 spiro atoms. The second kappa shape index (κ2) is 5.49. The number of hydrogen-bond donors (Lipinski definition) is 0. The molecule has 0 saturated heterocycles. The lowest BCUT2D eigenvalue weighted by atomic mass is 10.2. The van der Waals surface area contributed by atoms with Crippen LogP contribution in [-0.4, -0.2) is 27.3 Å². The second-order valence-corrected chi connectivity index (χ2v) is 6.53. The first-order chi connectivity index (χ1) is 6.29. The lowest BCUT2D eigenvalue weighted by molar-refractivity contribution is -0.146. The van der Waals surface area contributed by atoms with Gasteiger partial charge >= 0.3 is 5.97 Å². The van der Waals surface area contributed by atoms with E-state index in [1.807, 2.05) is 20.8 Å². The minimum Gasteiger partial charge on any atom is -0.466 e. The second-order valence-electron chi connectivity index (χ2n) is 4.28. The summed E-state index contributed by atoms with van der Waals surface area (Å²) in [5.41, 5.74) is 0. The van der Waals surface area contributed by atoms with E-state index in [-0.39, 0.29) is 16.6 Å². The van der Waals surface area contributed by atoms with Crippen molar-refractivity contribution < 1.29 is 13.7 Å². The number of ether oxygens (including phenoxy) is 1. The molecule has 0 aromatic carbocycles. The highest BCUT2D eigenvalue weighted by Crippen LogP contribution is 2.14. The van der Waals surface area contributed by atoms with Crippen LogP contribution in [0.25, 0.3) is 0 Å². The van der Waals surface area contributed by atoms with Crippen LogP contribution in [0.3, 0.4) is 0 Å². The summed E-state index contributed by atoms with van der Waals surface area (Å²) in [5, 5.41) is 0. The van der Waals surface area contributed by atoms with Gasteiger partial charge in [-0.05, 0) is 27.7 Å². The van der Waals surface area contributed by atoms with E-state index in [0.717, 1.165) is 0 Å². The Morgan fingerprint density at radius 3 is 2.29 bits per heavy atom. The maximum absolute atomic E-state index is 11.7. The van der Waals surface area contributed by atoms with Crippen LogP contribution < -0.4 is 0 Å². The van der Waals surface area contributed by atoms with Gasteiger partial charge in [0.15, 0.2) is 0 Å². The molecule has 0 aromatic heterocycles. The molecular weight excluding hydrogens is 200 g/mol. The molecule has 0 rings (SSSR count). The van der Waals surface area contributed by atoms with Gasteiger partial charge in [0.1, 0.15) is 0 Å². The van der Waals surface area contributed by atoms with Crippen molar-refractivity contribution in [3.05, 3.63) is 0 Å². The molecule has 0 fully saturated rings. The molecule has 0 aliphatic rings. The first-order valence-corrected chi connectivity index (χ1v) is 6.16. The van der Waals surface area contributed by atoms with Crippen molar-refractivity contribution in [1.29, 1.82) is 0 Å². The molecule has 0 radical (unpaired) electrons. The average Bonchev–Trinajstić information content (AvgIpc) is 2.02. The summed E-state index contributed by atoms with van der Waals surface area (Å²) in [5.74, 6) is -0.164. The molecule has 0 amide bonds. The van der Waals surface area contributed by atoms with Gasteiger partial charge in [0.2, 0.25) is 0 Å². The highest BCUT2D eigenvalue weighted by Gasteiger charge is 2.24. The van der Waals surface area contributed by atoms with Crippen molar-refractivity contribution >= 4 is 16.8 Å². The number of esters is 1. The Morgan fingerprint density at radius 1 is 1.43 bits per heavy atom. The fourth-order valence-corrected chi connectivity index (χ4v) is 1.92. The maximum atomic E-state index is 11.7. The standard InChI is InChI=1S/C10H20O3S/c1-6-13-9(11)8(2)7-14(12)10(3,4)5/h8H,6-7H2,1-5H3. The Labute approximate surface area is 88.7 Å². The topological polar surface area (TPSA) is 43.4 Å². The minimum atomic E-state index is -0.992. The molecule has 84 valence electrons. The third-order valence-corrected chi connectivity index (χ3v) is 3.94. The van der Waals surface area contributed by atoms with Crippen LogP contribution in [0.1, 0.15) is 34.6 Å². The van der Waals surface area contributed by atoms with Gasteiger partial charge in [-0.1, -0.05) is 6.92 Å². The predicted octanol–water partition coefficient (Wildman–Crippen LogP) is 1.73. The van der Waals surface area contributed by atoms with Crippen molar-refractivity contribution in [3.8, 4) is 0 Å². The lowest BCUT2D eigenvalue weighted by Gasteiger charge is -2.19. The van der Waals surface area contributed by atoms with Gasteiger partial charge < -0.3 is 4.74 Å².